The number of hydrogen-bond acceptors (Lipinski definition) is 4. The average molecular weight is 393 g/mol. The van der Waals surface area contributed by atoms with Crippen molar-refractivity contribution in [2.45, 2.75) is 25.4 Å². The fraction of sp³-hybridized carbons (Fsp3) is 0.391. The third kappa shape index (κ3) is 5.49. The minimum Gasteiger partial charge on any atom is -0.497 e. The van der Waals surface area contributed by atoms with Crippen LogP contribution in [0.4, 0.5) is 4.79 Å². The monoisotopic (exact) mass is 392 g/mol. The SMILES string of the molecule is COc1ccc(C(CNC(=O)N(C)Cc2cccc(C#N)c2)N2CCCC2)cc1. The molecular weight excluding hydrogens is 364 g/mol. The highest BCUT2D eigenvalue weighted by Gasteiger charge is 2.24. The number of nitrogens with zero attached hydrogens (tertiary/aromatic N) is 3. The third-order valence-electron chi connectivity index (χ3n) is 5.35. The number of hydrogen-bond donors (Lipinski definition) is 1. The van der Waals surface area contributed by atoms with Gasteiger partial charge in [-0.3, -0.25) is 4.90 Å². The van der Waals surface area contributed by atoms with Gasteiger partial charge in [0.25, 0.3) is 0 Å². The Hall–Kier alpha value is -3.04. The number of nitriles is 1. The van der Waals surface area contributed by atoms with E-state index in [0.717, 1.165) is 24.4 Å². The highest BCUT2D eigenvalue weighted by atomic mass is 16.5. The van der Waals surface area contributed by atoms with E-state index >= 15 is 0 Å². The second-order valence-corrected chi connectivity index (χ2v) is 7.39. The van der Waals surface area contributed by atoms with Crippen LogP contribution in [0.5, 0.6) is 5.75 Å². The molecule has 1 atom stereocenters. The van der Waals surface area contributed by atoms with Gasteiger partial charge in [-0.25, -0.2) is 4.79 Å². The van der Waals surface area contributed by atoms with Crippen LogP contribution in [0, 0.1) is 11.3 Å². The first-order chi connectivity index (χ1) is 14.1. The Balaban J connectivity index is 1.63. The Morgan fingerprint density at radius 1 is 1.24 bits per heavy atom. The summed E-state index contributed by atoms with van der Waals surface area (Å²) in [7, 11) is 3.43. The predicted molar refractivity (Wildman–Crippen MR) is 113 cm³/mol. The van der Waals surface area contributed by atoms with E-state index in [0.29, 0.717) is 18.7 Å². The summed E-state index contributed by atoms with van der Waals surface area (Å²) in [4.78, 5) is 16.7. The smallest absolute Gasteiger partial charge is 0.317 e. The second-order valence-electron chi connectivity index (χ2n) is 7.39. The van der Waals surface area contributed by atoms with E-state index in [4.69, 9.17) is 10.00 Å². The van der Waals surface area contributed by atoms with Crippen LogP contribution in [0.3, 0.4) is 0 Å². The van der Waals surface area contributed by atoms with Gasteiger partial charge in [0.05, 0.1) is 24.8 Å². The molecule has 152 valence electrons. The molecule has 6 nitrogen and oxygen atoms in total. The number of carbonyl (C=O) groups excluding carboxylic acids is 1. The molecule has 1 saturated heterocycles. The number of ether oxygens (including phenoxy) is 1. The van der Waals surface area contributed by atoms with Gasteiger partial charge in [-0.1, -0.05) is 24.3 Å². The van der Waals surface area contributed by atoms with E-state index < -0.39 is 0 Å². The molecule has 2 aromatic rings. The van der Waals surface area contributed by atoms with Gasteiger partial charge < -0.3 is 15.0 Å². The van der Waals surface area contributed by atoms with Crippen molar-refractivity contribution in [2.24, 2.45) is 0 Å². The average Bonchev–Trinajstić information content (AvgIpc) is 3.29. The molecular formula is C23H28N4O2. The number of amides is 2. The van der Waals surface area contributed by atoms with Gasteiger partial charge in [0, 0.05) is 20.1 Å². The summed E-state index contributed by atoms with van der Waals surface area (Å²) < 4.78 is 5.27. The van der Waals surface area contributed by atoms with Gasteiger partial charge in [-0.2, -0.15) is 5.26 Å². The number of carbonyl (C=O) groups is 1. The molecule has 1 fully saturated rings. The van der Waals surface area contributed by atoms with E-state index in [1.165, 1.54) is 18.4 Å². The topological polar surface area (TPSA) is 68.6 Å². The first-order valence-electron chi connectivity index (χ1n) is 9.96. The molecule has 3 rings (SSSR count). The van der Waals surface area contributed by atoms with Crippen molar-refractivity contribution in [3.8, 4) is 11.8 Å². The van der Waals surface area contributed by atoms with Gasteiger partial charge in [-0.05, 0) is 61.3 Å². The molecule has 29 heavy (non-hydrogen) atoms. The zero-order chi connectivity index (χ0) is 20.6. The molecule has 2 aromatic carbocycles. The normalized spacial score (nSPS) is 14.8. The van der Waals surface area contributed by atoms with Gasteiger partial charge in [-0.15, -0.1) is 0 Å². The van der Waals surface area contributed by atoms with Crippen LogP contribution in [-0.4, -0.2) is 49.6 Å². The Labute approximate surface area is 172 Å². The lowest BCUT2D eigenvalue weighted by molar-refractivity contribution is 0.195. The summed E-state index contributed by atoms with van der Waals surface area (Å²) in [6.45, 7) is 3.10. The zero-order valence-electron chi connectivity index (χ0n) is 17.1. The van der Waals surface area contributed by atoms with Gasteiger partial charge in [0.2, 0.25) is 0 Å². The quantitative estimate of drug-likeness (QED) is 0.782. The molecule has 0 aliphatic carbocycles. The maximum atomic E-state index is 12.7. The van der Waals surface area contributed by atoms with Gasteiger partial charge >= 0.3 is 6.03 Å². The van der Waals surface area contributed by atoms with Crippen molar-refractivity contribution in [1.29, 1.82) is 5.26 Å². The van der Waals surface area contributed by atoms with Crippen molar-refractivity contribution in [3.63, 3.8) is 0 Å². The lowest BCUT2D eigenvalue weighted by Crippen LogP contribution is -2.42. The van der Waals surface area contributed by atoms with Crippen LogP contribution < -0.4 is 10.1 Å². The summed E-state index contributed by atoms with van der Waals surface area (Å²) in [5, 5.41) is 12.1. The first kappa shape index (κ1) is 20.7. The predicted octanol–water partition coefficient (Wildman–Crippen LogP) is 3.55. The third-order valence-corrected chi connectivity index (χ3v) is 5.35. The molecule has 1 aliphatic heterocycles. The van der Waals surface area contributed by atoms with Crippen LogP contribution in [0.15, 0.2) is 48.5 Å². The molecule has 0 radical (unpaired) electrons. The lowest BCUT2D eigenvalue weighted by atomic mass is 10.1. The van der Waals surface area contributed by atoms with E-state index in [-0.39, 0.29) is 12.1 Å². The van der Waals surface area contributed by atoms with Crippen molar-refractivity contribution in [1.82, 2.24) is 15.1 Å². The molecule has 0 bridgehead atoms. The van der Waals surface area contributed by atoms with Crippen LogP contribution in [0.25, 0.3) is 0 Å². The summed E-state index contributed by atoms with van der Waals surface area (Å²) in [5.74, 6) is 0.831. The minimum absolute atomic E-state index is 0.120. The van der Waals surface area contributed by atoms with Crippen LogP contribution in [-0.2, 0) is 6.54 Å². The maximum Gasteiger partial charge on any atom is 0.317 e. The second kappa shape index (κ2) is 9.94. The highest BCUT2D eigenvalue weighted by molar-refractivity contribution is 5.73. The van der Waals surface area contributed by atoms with Crippen molar-refractivity contribution in [3.05, 3.63) is 65.2 Å². The number of benzene rings is 2. The minimum atomic E-state index is -0.120. The van der Waals surface area contributed by atoms with E-state index in [2.05, 4.69) is 28.4 Å². The zero-order valence-corrected chi connectivity index (χ0v) is 17.1. The van der Waals surface area contributed by atoms with Crippen molar-refractivity contribution < 1.29 is 9.53 Å². The molecule has 0 saturated carbocycles. The van der Waals surface area contributed by atoms with Crippen LogP contribution >= 0.6 is 0 Å². The Bertz CT molecular complexity index is 854. The summed E-state index contributed by atoms with van der Waals surface area (Å²) in [6.07, 6.45) is 2.38. The number of nitrogens with one attached hydrogen (secondary N) is 1. The summed E-state index contributed by atoms with van der Waals surface area (Å²) in [6, 6.07) is 17.6. The number of methoxy groups -OCH3 is 1. The fourth-order valence-corrected chi connectivity index (χ4v) is 3.74. The molecule has 1 heterocycles. The molecule has 0 spiro atoms. The first-order valence-corrected chi connectivity index (χ1v) is 9.96. The molecule has 1 aliphatic rings. The lowest BCUT2D eigenvalue weighted by Gasteiger charge is -2.29. The molecule has 2 amide bonds. The van der Waals surface area contributed by atoms with Gasteiger partial charge in [0.15, 0.2) is 0 Å². The summed E-state index contributed by atoms with van der Waals surface area (Å²) >= 11 is 0. The van der Waals surface area contributed by atoms with Crippen LogP contribution in [0.2, 0.25) is 0 Å². The maximum absolute atomic E-state index is 12.7. The fourth-order valence-electron chi connectivity index (χ4n) is 3.74. The van der Waals surface area contributed by atoms with Crippen LogP contribution in [0.1, 0.15) is 35.6 Å². The Morgan fingerprint density at radius 3 is 2.62 bits per heavy atom. The molecule has 0 aromatic heterocycles. The summed E-state index contributed by atoms with van der Waals surface area (Å²) in [5.41, 5.74) is 2.72. The Morgan fingerprint density at radius 2 is 1.97 bits per heavy atom. The number of urea groups is 1. The van der Waals surface area contributed by atoms with Crippen molar-refractivity contribution >= 4 is 6.03 Å². The number of likely N-dealkylation sites (tertiary alicyclic amines) is 1. The van der Waals surface area contributed by atoms with Gasteiger partial charge in [0.1, 0.15) is 5.75 Å². The molecule has 1 N–H and O–H groups in total. The van der Waals surface area contributed by atoms with Crippen molar-refractivity contribution in [2.75, 3.05) is 33.8 Å². The van der Waals surface area contributed by atoms with E-state index in [1.54, 1.807) is 25.1 Å². The Kier molecular flexibility index (Phi) is 7.09. The van der Waals surface area contributed by atoms with E-state index in [9.17, 15) is 4.79 Å². The molecule has 1 unspecified atom stereocenters. The molecule has 6 heteroatoms. The van der Waals surface area contributed by atoms with E-state index in [1.807, 2.05) is 30.3 Å². The number of rotatable bonds is 7. The highest BCUT2D eigenvalue weighted by Crippen LogP contribution is 2.26. The largest absolute Gasteiger partial charge is 0.497 e. The standard InChI is InChI=1S/C23H28N4O2/c1-26(17-19-7-5-6-18(14-19)15-24)23(28)25-16-22(27-12-3-4-13-27)20-8-10-21(29-2)11-9-20/h5-11,14,22H,3-4,12-13,16-17H2,1-2H3,(H,25,28).